The van der Waals surface area contributed by atoms with E-state index < -0.39 is 5.97 Å². The fraction of sp³-hybridized carbons (Fsp3) is 0.667. The van der Waals surface area contributed by atoms with E-state index in [9.17, 15) is 4.79 Å². The third-order valence-corrected chi connectivity index (χ3v) is 2.33. The van der Waals surface area contributed by atoms with Crippen LogP contribution in [0, 0.1) is 5.92 Å². The Balaban J connectivity index is 2.34. The summed E-state index contributed by atoms with van der Waals surface area (Å²) in [5.74, 6) is -0.451. The monoisotopic (exact) mass is 170 g/mol. The Labute approximate surface area is 72.0 Å². The fourth-order valence-corrected chi connectivity index (χ4v) is 1.35. The third kappa shape index (κ3) is 2.08. The van der Waals surface area contributed by atoms with Crippen LogP contribution in [0.5, 0.6) is 0 Å². The molecule has 1 fully saturated rings. The Kier molecular flexibility index (Phi) is 2.87. The summed E-state index contributed by atoms with van der Waals surface area (Å²) >= 11 is 0. The molecule has 2 unspecified atom stereocenters. The lowest BCUT2D eigenvalue weighted by Gasteiger charge is -2.12. The van der Waals surface area contributed by atoms with Crippen molar-refractivity contribution in [3.05, 3.63) is 12.2 Å². The van der Waals surface area contributed by atoms with E-state index in [-0.39, 0.29) is 12.5 Å². The van der Waals surface area contributed by atoms with Crippen LogP contribution in [-0.2, 0) is 9.53 Å². The molecule has 0 saturated carbocycles. The smallest absolute Gasteiger partial charge is 0.303 e. The fourth-order valence-electron chi connectivity index (χ4n) is 1.35. The maximum Gasteiger partial charge on any atom is 0.303 e. The van der Waals surface area contributed by atoms with E-state index >= 15 is 0 Å². The maximum atomic E-state index is 10.3. The lowest BCUT2D eigenvalue weighted by Crippen LogP contribution is -2.15. The molecule has 0 aromatic rings. The highest BCUT2D eigenvalue weighted by atomic mass is 16.5. The molecule has 0 amide bonds. The predicted molar refractivity (Wildman–Crippen MR) is 44.9 cm³/mol. The van der Waals surface area contributed by atoms with Crippen molar-refractivity contribution in [2.24, 2.45) is 5.92 Å². The van der Waals surface area contributed by atoms with Crippen molar-refractivity contribution in [3.63, 3.8) is 0 Å². The Morgan fingerprint density at radius 3 is 2.92 bits per heavy atom. The molecule has 3 nitrogen and oxygen atoms in total. The van der Waals surface area contributed by atoms with Crippen molar-refractivity contribution >= 4 is 5.97 Å². The summed E-state index contributed by atoms with van der Waals surface area (Å²) < 4.78 is 5.36. The molecule has 1 aliphatic rings. The zero-order valence-corrected chi connectivity index (χ0v) is 7.25. The molecule has 1 rings (SSSR count). The van der Waals surface area contributed by atoms with E-state index in [4.69, 9.17) is 9.84 Å². The first-order valence-corrected chi connectivity index (χ1v) is 4.12. The number of carbonyl (C=O) groups is 1. The second-order valence-corrected chi connectivity index (χ2v) is 3.23. The van der Waals surface area contributed by atoms with E-state index in [1.807, 2.05) is 6.92 Å². The van der Waals surface area contributed by atoms with Crippen LogP contribution in [0.4, 0.5) is 0 Å². The van der Waals surface area contributed by atoms with Crippen molar-refractivity contribution in [3.8, 4) is 0 Å². The van der Waals surface area contributed by atoms with Gasteiger partial charge in [-0.05, 0) is 12.0 Å². The van der Waals surface area contributed by atoms with Gasteiger partial charge in [0.1, 0.15) is 0 Å². The van der Waals surface area contributed by atoms with Gasteiger partial charge in [0.2, 0.25) is 0 Å². The number of carboxylic acid groups (broad SMARTS) is 1. The highest BCUT2D eigenvalue weighted by molar-refractivity contribution is 5.66. The van der Waals surface area contributed by atoms with Gasteiger partial charge in [0.05, 0.1) is 12.7 Å². The molecule has 12 heavy (non-hydrogen) atoms. The van der Waals surface area contributed by atoms with Gasteiger partial charge in [-0.1, -0.05) is 13.5 Å². The number of hydrogen-bond acceptors (Lipinski definition) is 2. The van der Waals surface area contributed by atoms with Crippen LogP contribution in [0.3, 0.4) is 0 Å². The molecule has 0 bridgehead atoms. The van der Waals surface area contributed by atoms with E-state index in [1.54, 1.807) is 0 Å². The van der Waals surface area contributed by atoms with Gasteiger partial charge >= 0.3 is 5.97 Å². The van der Waals surface area contributed by atoms with Gasteiger partial charge in [0.25, 0.3) is 0 Å². The van der Waals surface area contributed by atoms with Crippen LogP contribution < -0.4 is 0 Å². The lowest BCUT2D eigenvalue weighted by atomic mass is 9.97. The van der Waals surface area contributed by atoms with Gasteiger partial charge in [-0.2, -0.15) is 0 Å². The minimum atomic E-state index is -0.761. The minimum Gasteiger partial charge on any atom is -0.481 e. The number of aliphatic carboxylic acids is 1. The quantitative estimate of drug-likeness (QED) is 0.652. The van der Waals surface area contributed by atoms with Crippen molar-refractivity contribution < 1.29 is 14.6 Å². The van der Waals surface area contributed by atoms with Gasteiger partial charge < -0.3 is 9.84 Å². The summed E-state index contributed by atoms with van der Waals surface area (Å²) in [4.78, 5) is 10.3. The van der Waals surface area contributed by atoms with Crippen molar-refractivity contribution in [2.75, 3.05) is 6.61 Å². The maximum absolute atomic E-state index is 10.3. The van der Waals surface area contributed by atoms with Crippen molar-refractivity contribution in [1.29, 1.82) is 0 Å². The Hall–Kier alpha value is -0.830. The zero-order valence-electron chi connectivity index (χ0n) is 7.25. The number of rotatable bonds is 3. The molecule has 0 spiro atoms. The second kappa shape index (κ2) is 3.72. The highest BCUT2D eigenvalue weighted by Crippen LogP contribution is 2.27. The molecule has 1 N–H and O–H groups in total. The Bertz CT molecular complexity index is 198. The van der Waals surface area contributed by atoms with Crippen LogP contribution in [0.2, 0.25) is 0 Å². The topological polar surface area (TPSA) is 46.5 Å². The van der Waals surface area contributed by atoms with Crippen molar-refractivity contribution in [2.45, 2.75) is 25.9 Å². The summed E-state index contributed by atoms with van der Waals surface area (Å²) in [5, 5.41) is 8.45. The number of ether oxygens (including phenoxy) is 1. The minimum absolute atomic E-state index is 0.0635. The van der Waals surface area contributed by atoms with Gasteiger partial charge in [-0.15, -0.1) is 0 Å². The molecule has 0 radical (unpaired) electrons. The normalized spacial score (nSPS) is 29.2. The average molecular weight is 170 g/mol. The molecule has 1 aliphatic heterocycles. The molecular formula is C9H14O3. The van der Waals surface area contributed by atoms with Gasteiger partial charge in [0.15, 0.2) is 0 Å². The number of hydrogen-bond donors (Lipinski definition) is 1. The van der Waals surface area contributed by atoms with Crippen LogP contribution in [0.15, 0.2) is 12.2 Å². The first kappa shape index (κ1) is 9.26. The SMILES string of the molecule is C=C1COC(CCC(=O)O)C1C. The molecule has 68 valence electrons. The third-order valence-electron chi connectivity index (χ3n) is 2.33. The Morgan fingerprint density at radius 1 is 1.83 bits per heavy atom. The highest BCUT2D eigenvalue weighted by Gasteiger charge is 2.27. The molecule has 2 atom stereocenters. The second-order valence-electron chi connectivity index (χ2n) is 3.23. The molecule has 1 saturated heterocycles. The van der Waals surface area contributed by atoms with E-state index in [0.717, 1.165) is 5.57 Å². The number of carboxylic acids is 1. The van der Waals surface area contributed by atoms with E-state index in [2.05, 4.69) is 6.58 Å². The van der Waals surface area contributed by atoms with Gasteiger partial charge in [-0.25, -0.2) is 0 Å². The molecule has 0 aliphatic carbocycles. The predicted octanol–water partition coefficient (Wildman–Crippen LogP) is 1.44. The first-order chi connectivity index (χ1) is 5.61. The van der Waals surface area contributed by atoms with Crippen LogP contribution >= 0.6 is 0 Å². The summed E-state index contributed by atoms with van der Waals surface area (Å²) in [6.45, 7) is 6.46. The first-order valence-electron chi connectivity index (χ1n) is 4.12. The molecule has 3 heteroatoms. The van der Waals surface area contributed by atoms with Gasteiger partial charge in [0, 0.05) is 12.3 Å². The van der Waals surface area contributed by atoms with Crippen molar-refractivity contribution in [1.82, 2.24) is 0 Å². The average Bonchev–Trinajstić information content (AvgIpc) is 2.30. The molecule has 0 aromatic heterocycles. The molecular weight excluding hydrogens is 156 g/mol. The lowest BCUT2D eigenvalue weighted by molar-refractivity contribution is -0.137. The van der Waals surface area contributed by atoms with E-state index in [1.165, 1.54) is 0 Å². The van der Waals surface area contributed by atoms with E-state index in [0.29, 0.717) is 18.9 Å². The molecule has 1 heterocycles. The largest absolute Gasteiger partial charge is 0.481 e. The summed E-state index contributed by atoms with van der Waals surface area (Å²) in [7, 11) is 0. The summed E-state index contributed by atoms with van der Waals surface area (Å²) in [5.41, 5.74) is 1.07. The van der Waals surface area contributed by atoms with Crippen LogP contribution in [-0.4, -0.2) is 23.8 Å². The van der Waals surface area contributed by atoms with Crippen LogP contribution in [0.25, 0.3) is 0 Å². The summed E-state index contributed by atoms with van der Waals surface area (Å²) in [6, 6.07) is 0. The van der Waals surface area contributed by atoms with Gasteiger partial charge in [-0.3, -0.25) is 4.79 Å². The zero-order chi connectivity index (χ0) is 9.14. The molecule has 0 aromatic carbocycles. The Morgan fingerprint density at radius 2 is 2.50 bits per heavy atom. The summed E-state index contributed by atoms with van der Waals surface area (Å²) in [6.07, 6.45) is 0.839. The van der Waals surface area contributed by atoms with Crippen LogP contribution in [0.1, 0.15) is 19.8 Å². The standard InChI is InChI=1S/C9H14O3/c1-6-5-12-8(7(6)2)3-4-9(10)11/h7-8H,1,3-5H2,2H3,(H,10,11).